The monoisotopic (exact) mass is 730 g/mol. The van der Waals surface area contributed by atoms with Crippen LogP contribution in [0.25, 0.3) is 11.5 Å². The Labute approximate surface area is 319 Å². The van der Waals surface area contributed by atoms with E-state index in [9.17, 15) is 9.59 Å². The maximum atomic E-state index is 12.8. The molecule has 0 radical (unpaired) electrons. The fourth-order valence-electron chi connectivity index (χ4n) is 6.12. The molecule has 2 unspecified atom stereocenters. The van der Waals surface area contributed by atoms with Crippen LogP contribution in [-0.2, 0) is 16.0 Å². The number of nitrogens with zero attached hydrogens (tertiary/aromatic N) is 4. The highest BCUT2D eigenvalue weighted by molar-refractivity contribution is 5.90. The van der Waals surface area contributed by atoms with Crippen molar-refractivity contribution in [1.29, 1.82) is 0 Å². The Morgan fingerprint density at radius 1 is 0.630 bits per heavy atom. The maximum Gasteiger partial charge on any atom is 0.338 e. The van der Waals surface area contributed by atoms with Gasteiger partial charge in [-0.1, -0.05) is 96.6 Å². The van der Waals surface area contributed by atoms with Crippen LogP contribution in [0.15, 0.2) is 97.2 Å². The van der Waals surface area contributed by atoms with Crippen molar-refractivity contribution in [2.45, 2.75) is 85.6 Å². The Bertz CT molecular complexity index is 1800. The largest absolute Gasteiger partial charge is 0.462 e. The predicted molar refractivity (Wildman–Crippen MR) is 215 cm³/mol. The van der Waals surface area contributed by atoms with Gasteiger partial charge in [-0.3, -0.25) is 0 Å². The highest BCUT2D eigenvalue weighted by Gasteiger charge is 2.16. The summed E-state index contributed by atoms with van der Waals surface area (Å²) in [6, 6.07) is 28.3. The number of anilines is 4. The molecule has 0 spiro atoms. The van der Waals surface area contributed by atoms with Crippen LogP contribution in [0.2, 0.25) is 0 Å². The molecule has 2 N–H and O–H groups in total. The van der Waals surface area contributed by atoms with Crippen LogP contribution in [0.4, 0.5) is 23.3 Å². The third-order valence-corrected chi connectivity index (χ3v) is 9.63. The summed E-state index contributed by atoms with van der Waals surface area (Å²) in [5, 5.41) is 6.58. The first kappa shape index (κ1) is 39.7. The van der Waals surface area contributed by atoms with Crippen molar-refractivity contribution in [2.24, 2.45) is 11.8 Å². The molecule has 0 saturated carbocycles. The lowest BCUT2D eigenvalue weighted by Crippen LogP contribution is -2.14. The van der Waals surface area contributed by atoms with Gasteiger partial charge in [-0.05, 0) is 90.9 Å². The molecule has 3 aromatic carbocycles. The molecule has 0 saturated heterocycles. The van der Waals surface area contributed by atoms with Crippen LogP contribution in [0, 0.1) is 11.8 Å². The molecule has 0 amide bonds. The van der Waals surface area contributed by atoms with E-state index in [0.717, 1.165) is 62.6 Å². The lowest BCUT2D eigenvalue weighted by atomic mass is 10.0. The van der Waals surface area contributed by atoms with E-state index in [4.69, 9.17) is 24.4 Å². The quantitative estimate of drug-likeness (QED) is 0.0711. The number of hydrogen-bond acceptors (Lipinski definition) is 9. The van der Waals surface area contributed by atoms with Gasteiger partial charge in [-0.25, -0.2) is 9.59 Å². The van der Waals surface area contributed by atoms with Crippen LogP contribution in [0.3, 0.4) is 0 Å². The molecule has 10 nitrogen and oxygen atoms in total. The number of ether oxygens (including phenoxy) is 2. The number of benzene rings is 3. The number of carbonyl (C=O) groups excluding carboxylic acids is 2. The summed E-state index contributed by atoms with van der Waals surface area (Å²) in [6.45, 7) is 10.1. The van der Waals surface area contributed by atoms with Gasteiger partial charge in [0.2, 0.25) is 11.9 Å². The highest BCUT2D eigenvalue weighted by atomic mass is 16.5. The van der Waals surface area contributed by atoms with Crippen LogP contribution >= 0.6 is 0 Å². The molecule has 284 valence electrons. The summed E-state index contributed by atoms with van der Waals surface area (Å²) in [4.78, 5) is 39.9. The van der Waals surface area contributed by atoms with Gasteiger partial charge in [0.05, 0.1) is 30.0 Å². The van der Waals surface area contributed by atoms with E-state index in [0.29, 0.717) is 71.8 Å². The van der Waals surface area contributed by atoms with E-state index in [1.807, 2.05) is 60.8 Å². The Balaban J connectivity index is 1.33. The lowest BCUT2D eigenvalue weighted by molar-refractivity contribution is 0.0419. The molecule has 0 bridgehead atoms. The first-order valence-corrected chi connectivity index (χ1v) is 19.4. The van der Waals surface area contributed by atoms with Gasteiger partial charge in [0.1, 0.15) is 0 Å². The number of hydrogen-bond donors (Lipinski definition) is 2. The highest BCUT2D eigenvalue weighted by Crippen LogP contribution is 2.25. The van der Waals surface area contributed by atoms with Crippen molar-refractivity contribution in [3.63, 3.8) is 0 Å². The van der Waals surface area contributed by atoms with Gasteiger partial charge in [0.15, 0.2) is 5.82 Å². The molecule has 5 aromatic rings. The minimum absolute atomic E-state index is 0.320. The van der Waals surface area contributed by atoms with Gasteiger partial charge >= 0.3 is 11.9 Å². The van der Waals surface area contributed by atoms with Crippen LogP contribution < -0.4 is 10.6 Å². The van der Waals surface area contributed by atoms with Gasteiger partial charge in [-0.2, -0.15) is 15.0 Å². The van der Waals surface area contributed by atoms with E-state index in [-0.39, 0.29) is 11.9 Å². The first-order chi connectivity index (χ1) is 26.4. The lowest BCUT2D eigenvalue weighted by Gasteiger charge is -2.15. The molecule has 0 fully saturated rings. The summed E-state index contributed by atoms with van der Waals surface area (Å²) >= 11 is 0. The van der Waals surface area contributed by atoms with Crippen molar-refractivity contribution in [3.8, 4) is 11.5 Å². The summed E-state index contributed by atoms with van der Waals surface area (Å²) in [5.74, 6) is 1.19. The van der Waals surface area contributed by atoms with Gasteiger partial charge < -0.3 is 24.7 Å². The standard InChI is InChI=1S/C44H54N6O4/c1-5-9-15-32(7-3)30-53-41(51)35-20-24-37(25-21-35)45-43-47-40(39-19-14-28-50(39)29-34-17-12-11-13-18-34)48-44(49-43)46-38-26-22-36(23-27-38)42(52)54-31-33(8-4)16-10-6-2/h11-14,17-28,32-33H,5-10,15-16,29-31H2,1-4H3,(H2,45,46,47,48,49). The van der Waals surface area contributed by atoms with Crippen LogP contribution in [-0.4, -0.2) is 44.7 Å². The molecule has 10 heteroatoms. The molecule has 54 heavy (non-hydrogen) atoms. The topological polar surface area (TPSA) is 120 Å². The van der Waals surface area contributed by atoms with Crippen LogP contribution in [0.5, 0.6) is 0 Å². The second-order valence-corrected chi connectivity index (χ2v) is 13.7. The average Bonchev–Trinajstić information content (AvgIpc) is 3.67. The maximum absolute atomic E-state index is 12.8. The molecule has 0 aliphatic carbocycles. The molecule has 0 aliphatic rings. The molecule has 2 aromatic heterocycles. The van der Waals surface area contributed by atoms with E-state index in [1.165, 1.54) is 0 Å². The van der Waals surface area contributed by atoms with Crippen molar-refractivity contribution in [2.75, 3.05) is 23.8 Å². The molecular weight excluding hydrogens is 677 g/mol. The summed E-state index contributed by atoms with van der Waals surface area (Å²) in [5.41, 5.74) is 4.33. The van der Waals surface area contributed by atoms with Gasteiger partial charge in [0.25, 0.3) is 0 Å². The van der Waals surface area contributed by atoms with Crippen molar-refractivity contribution >= 4 is 35.2 Å². The zero-order valence-corrected chi connectivity index (χ0v) is 32.1. The molecular formula is C44H54N6O4. The smallest absolute Gasteiger partial charge is 0.338 e. The minimum Gasteiger partial charge on any atom is -0.462 e. The molecule has 2 atom stereocenters. The number of rotatable bonds is 21. The molecule has 2 heterocycles. The van der Waals surface area contributed by atoms with E-state index in [2.05, 4.69) is 55.0 Å². The second kappa shape index (κ2) is 20.7. The third kappa shape index (κ3) is 11.7. The third-order valence-electron chi connectivity index (χ3n) is 9.63. The number of nitrogens with one attached hydrogen (secondary N) is 2. The molecule has 0 aliphatic heterocycles. The Hall–Kier alpha value is -5.51. The normalized spacial score (nSPS) is 12.1. The van der Waals surface area contributed by atoms with E-state index in [1.54, 1.807) is 24.3 Å². The van der Waals surface area contributed by atoms with Crippen LogP contribution in [0.1, 0.15) is 105 Å². The molecule has 5 rings (SSSR count). The fraction of sp³-hybridized carbons (Fsp3) is 0.386. The van der Waals surface area contributed by atoms with Gasteiger partial charge in [0, 0.05) is 24.1 Å². The number of carbonyl (C=O) groups is 2. The summed E-state index contributed by atoms with van der Waals surface area (Å²) < 4.78 is 13.4. The Kier molecular flexibility index (Phi) is 15.2. The summed E-state index contributed by atoms with van der Waals surface area (Å²) in [6.07, 6.45) is 10.6. The number of unbranched alkanes of at least 4 members (excludes halogenated alkanes) is 2. The Morgan fingerprint density at radius 2 is 1.13 bits per heavy atom. The second-order valence-electron chi connectivity index (χ2n) is 13.7. The van der Waals surface area contributed by atoms with Crippen molar-refractivity contribution in [1.82, 2.24) is 19.5 Å². The minimum atomic E-state index is -0.332. The summed E-state index contributed by atoms with van der Waals surface area (Å²) in [7, 11) is 0. The predicted octanol–water partition coefficient (Wildman–Crippen LogP) is 10.6. The fourth-order valence-corrected chi connectivity index (χ4v) is 6.12. The zero-order chi connectivity index (χ0) is 38.1. The average molecular weight is 731 g/mol. The number of esters is 2. The number of aromatic nitrogens is 4. The zero-order valence-electron chi connectivity index (χ0n) is 32.1. The van der Waals surface area contributed by atoms with Gasteiger partial charge in [-0.15, -0.1) is 0 Å². The van der Waals surface area contributed by atoms with E-state index < -0.39 is 0 Å². The SMILES string of the molecule is CCCCC(CC)COC(=O)c1ccc(Nc2nc(Nc3ccc(C(=O)OCC(CC)CCCC)cc3)nc(-c3cccn3Cc3ccccc3)n2)cc1. The van der Waals surface area contributed by atoms with Crippen molar-refractivity contribution in [3.05, 3.63) is 114 Å². The Morgan fingerprint density at radius 3 is 1.59 bits per heavy atom. The van der Waals surface area contributed by atoms with E-state index >= 15 is 0 Å². The first-order valence-electron chi connectivity index (χ1n) is 19.4. The van der Waals surface area contributed by atoms with Crippen molar-refractivity contribution < 1.29 is 19.1 Å².